The van der Waals surface area contributed by atoms with Gasteiger partial charge in [-0.1, -0.05) is 25.1 Å². The van der Waals surface area contributed by atoms with Crippen LogP contribution in [0.1, 0.15) is 18.1 Å². The van der Waals surface area contributed by atoms with Crippen molar-refractivity contribution in [3.05, 3.63) is 83.2 Å². The van der Waals surface area contributed by atoms with Gasteiger partial charge in [0.25, 0.3) is 0 Å². The van der Waals surface area contributed by atoms with Crippen LogP contribution < -0.4 is 5.32 Å². The van der Waals surface area contributed by atoms with Gasteiger partial charge in [-0.15, -0.1) is 11.3 Å². The van der Waals surface area contributed by atoms with E-state index in [0.717, 1.165) is 50.9 Å². The lowest BCUT2D eigenvalue weighted by atomic mass is 10.00. The Labute approximate surface area is 178 Å². The van der Waals surface area contributed by atoms with Crippen LogP contribution in [0.3, 0.4) is 0 Å². The summed E-state index contributed by atoms with van der Waals surface area (Å²) in [6, 6.07) is 17.5. The summed E-state index contributed by atoms with van der Waals surface area (Å²) in [5.74, 6) is -0.197. The Morgan fingerprint density at radius 1 is 0.933 bits per heavy atom. The number of pyridine rings is 1. The third-order valence-corrected chi connectivity index (χ3v) is 6.23. The van der Waals surface area contributed by atoms with Gasteiger partial charge in [-0.3, -0.25) is 4.98 Å². The third-order valence-electron chi connectivity index (χ3n) is 5.44. The third kappa shape index (κ3) is 3.31. The SMILES string of the molecule is CCc1ccc(-c2ccc3nccc(Nc4cc5ncsc5cc4C)c3c2)c(F)c1. The van der Waals surface area contributed by atoms with Gasteiger partial charge in [0.2, 0.25) is 0 Å². The van der Waals surface area contributed by atoms with E-state index in [4.69, 9.17) is 0 Å². The molecular formula is C25H20FN3S. The molecule has 5 rings (SSSR count). The van der Waals surface area contributed by atoms with Crippen molar-refractivity contribution in [3.63, 3.8) is 0 Å². The number of hydrogen-bond donors (Lipinski definition) is 1. The van der Waals surface area contributed by atoms with E-state index in [0.29, 0.717) is 5.56 Å². The van der Waals surface area contributed by atoms with Gasteiger partial charge in [0.1, 0.15) is 5.82 Å². The Morgan fingerprint density at radius 3 is 2.67 bits per heavy atom. The molecule has 3 nitrogen and oxygen atoms in total. The average molecular weight is 414 g/mol. The van der Waals surface area contributed by atoms with Gasteiger partial charge < -0.3 is 5.32 Å². The minimum Gasteiger partial charge on any atom is -0.355 e. The summed E-state index contributed by atoms with van der Waals surface area (Å²) in [6.45, 7) is 4.11. The van der Waals surface area contributed by atoms with Crippen LogP contribution in [0, 0.1) is 12.7 Å². The second kappa shape index (κ2) is 7.50. The standard InChI is InChI=1S/C25H20FN3S/c1-3-16-4-6-18(20(26)11-16)17-5-7-21-19(12-17)22(8-9-27-21)29-23-13-24-25(10-15(23)2)30-14-28-24/h4-14H,3H2,1-2H3,(H,27,29). The molecule has 0 radical (unpaired) electrons. The fourth-order valence-corrected chi connectivity index (χ4v) is 4.48. The molecule has 1 N–H and O–H groups in total. The lowest BCUT2D eigenvalue weighted by Gasteiger charge is -2.13. The van der Waals surface area contributed by atoms with Crippen LogP contribution >= 0.6 is 11.3 Å². The molecule has 0 amide bonds. The normalized spacial score (nSPS) is 11.3. The molecule has 2 aromatic heterocycles. The van der Waals surface area contributed by atoms with Crippen molar-refractivity contribution in [1.82, 2.24) is 9.97 Å². The highest BCUT2D eigenvalue weighted by atomic mass is 32.1. The molecule has 0 aliphatic rings. The number of rotatable bonds is 4. The first-order valence-electron chi connectivity index (χ1n) is 9.91. The highest BCUT2D eigenvalue weighted by molar-refractivity contribution is 7.16. The number of benzene rings is 3. The maximum Gasteiger partial charge on any atom is 0.131 e. The van der Waals surface area contributed by atoms with E-state index >= 15 is 0 Å². The first-order chi connectivity index (χ1) is 14.6. The molecule has 0 saturated heterocycles. The summed E-state index contributed by atoms with van der Waals surface area (Å²) in [4.78, 5) is 8.91. The summed E-state index contributed by atoms with van der Waals surface area (Å²) < 4.78 is 15.9. The fraction of sp³-hybridized carbons (Fsp3) is 0.120. The second-order valence-corrected chi connectivity index (χ2v) is 8.26. The number of halogens is 1. The summed E-state index contributed by atoms with van der Waals surface area (Å²) in [5, 5.41) is 4.49. The molecule has 5 heteroatoms. The van der Waals surface area contributed by atoms with Gasteiger partial charge in [0, 0.05) is 28.5 Å². The van der Waals surface area contributed by atoms with Crippen LogP contribution in [0.2, 0.25) is 0 Å². The van der Waals surface area contributed by atoms with Gasteiger partial charge in [-0.05, 0) is 66.4 Å². The number of nitrogens with one attached hydrogen (secondary N) is 1. The van der Waals surface area contributed by atoms with Gasteiger partial charge in [0.05, 0.1) is 21.2 Å². The zero-order chi connectivity index (χ0) is 20.7. The van der Waals surface area contributed by atoms with E-state index in [1.165, 1.54) is 4.70 Å². The van der Waals surface area contributed by atoms with Crippen LogP contribution in [-0.4, -0.2) is 9.97 Å². The van der Waals surface area contributed by atoms with Crippen molar-refractivity contribution >= 4 is 43.8 Å². The molecule has 30 heavy (non-hydrogen) atoms. The first kappa shape index (κ1) is 18.7. The molecule has 2 heterocycles. The summed E-state index contributed by atoms with van der Waals surface area (Å²) in [7, 11) is 0. The largest absolute Gasteiger partial charge is 0.355 e. The highest BCUT2D eigenvalue weighted by Gasteiger charge is 2.11. The molecule has 0 unspecified atom stereocenters. The molecule has 0 bridgehead atoms. The maximum atomic E-state index is 14.7. The molecular weight excluding hydrogens is 393 g/mol. The Bertz CT molecular complexity index is 1390. The van der Waals surface area contributed by atoms with E-state index in [1.54, 1.807) is 23.6 Å². The number of nitrogens with zero attached hydrogens (tertiary/aromatic N) is 2. The molecule has 0 spiro atoms. The number of anilines is 2. The average Bonchev–Trinajstić information content (AvgIpc) is 3.21. The molecule has 0 aliphatic carbocycles. The zero-order valence-corrected chi connectivity index (χ0v) is 17.6. The van der Waals surface area contributed by atoms with Gasteiger partial charge >= 0.3 is 0 Å². The molecule has 0 saturated carbocycles. The molecule has 3 aromatic carbocycles. The Kier molecular flexibility index (Phi) is 4.68. The van der Waals surface area contributed by atoms with E-state index in [2.05, 4.69) is 34.3 Å². The smallest absolute Gasteiger partial charge is 0.131 e. The summed E-state index contributed by atoms with van der Waals surface area (Å²) >= 11 is 1.64. The maximum absolute atomic E-state index is 14.7. The quantitative estimate of drug-likeness (QED) is 0.337. The van der Waals surface area contributed by atoms with E-state index in [9.17, 15) is 4.39 Å². The highest BCUT2D eigenvalue weighted by Crippen LogP contribution is 2.33. The minimum atomic E-state index is -0.197. The van der Waals surface area contributed by atoms with Crippen molar-refractivity contribution in [2.45, 2.75) is 20.3 Å². The van der Waals surface area contributed by atoms with Crippen molar-refractivity contribution < 1.29 is 4.39 Å². The van der Waals surface area contributed by atoms with Crippen LogP contribution in [0.4, 0.5) is 15.8 Å². The number of fused-ring (bicyclic) bond motifs is 2. The lowest BCUT2D eigenvalue weighted by molar-refractivity contribution is 0.629. The number of hydrogen-bond acceptors (Lipinski definition) is 4. The molecule has 5 aromatic rings. The first-order valence-corrected chi connectivity index (χ1v) is 10.8. The van der Waals surface area contributed by atoms with Crippen molar-refractivity contribution in [2.24, 2.45) is 0 Å². The van der Waals surface area contributed by atoms with E-state index < -0.39 is 0 Å². The van der Waals surface area contributed by atoms with Crippen LogP contribution in [0.25, 0.3) is 32.2 Å². The van der Waals surface area contributed by atoms with Crippen LogP contribution in [0.5, 0.6) is 0 Å². The molecule has 0 aliphatic heterocycles. The fourth-order valence-electron chi connectivity index (χ4n) is 3.72. The van der Waals surface area contributed by atoms with E-state index in [1.807, 2.05) is 48.8 Å². The monoisotopic (exact) mass is 413 g/mol. The Hall–Kier alpha value is -3.31. The van der Waals surface area contributed by atoms with Crippen molar-refractivity contribution in [1.29, 1.82) is 0 Å². The summed E-state index contributed by atoms with van der Waals surface area (Å²) in [5.41, 5.74) is 9.22. The lowest BCUT2D eigenvalue weighted by Crippen LogP contribution is -1.96. The van der Waals surface area contributed by atoms with Crippen molar-refractivity contribution in [3.8, 4) is 11.1 Å². The number of aromatic nitrogens is 2. The second-order valence-electron chi connectivity index (χ2n) is 7.37. The zero-order valence-electron chi connectivity index (χ0n) is 16.7. The van der Waals surface area contributed by atoms with Crippen LogP contribution in [-0.2, 0) is 6.42 Å². The predicted octanol–water partition coefficient (Wildman–Crippen LogP) is 7.27. The van der Waals surface area contributed by atoms with Gasteiger partial charge in [0.15, 0.2) is 0 Å². The van der Waals surface area contributed by atoms with Gasteiger partial charge in [-0.25, -0.2) is 9.37 Å². The Morgan fingerprint density at radius 2 is 1.83 bits per heavy atom. The molecule has 0 atom stereocenters. The Balaban J connectivity index is 1.60. The van der Waals surface area contributed by atoms with Crippen molar-refractivity contribution in [2.75, 3.05) is 5.32 Å². The van der Waals surface area contributed by atoms with E-state index in [-0.39, 0.29) is 5.82 Å². The predicted molar refractivity (Wildman–Crippen MR) is 124 cm³/mol. The van der Waals surface area contributed by atoms with Gasteiger partial charge in [-0.2, -0.15) is 0 Å². The number of aryl methyl sites for hydroxylation is 2. The topological polar surface area (TPSA) is 37.8 Å². The molecule has 148 valence electrons. The summed E-state index contributed by atoms with van der Waals surface area (Å²) in [6.07, 6.45) is 2.60. The molecule has 0 fully saturated rings. The van der Waals surface area contributed by atoms with Crippen LogP contribution in [0.15, 0.2) is 66.3 Å². The number of thiazole rings is 1. The minimum absolute atomic E-state index is 0.197.